The van der Waals surface area contributed by atoms with E-state index in [0.29, 0.717) is 16.3 Å². The second kappa shape index (κ2) is 9.67. The number of amides is 1. The molecule has 3 N–H and O–H groups in total. The van der Waals surface area contributed by atoms with Gasteiger partial charge in [0.05, 0.1) is 15.5 Å². The van der Waals surface area contributed by atoms with Crippen LogP contribution in [0.4, 0.5) is 5.69 Å². The third kappa shape index (κ3) is 5.99. The number of halogens is 1. The van der Waals surface area contributed by atoms with Gasteiger partial charge in [-0.3, -0.25) is 10.1 Å². The van der Waals surface area contributed by atoms with Gasteiger partial charge in [0, 0.05) is 11.7 Å². The molecule has 1 saturated carbocycles. The SMILES string of the molecule is O=C(NC(=S)Nc1ccc(S(=O)(=O)NC2CCCCC2)cc1)c1ccccc1Cl. The molecule has 0 bridgehead atoms. The maximum absolute atomic E-state index is 12.5. The van der Waals surface area contributed by atoms with Gasteiger partial charge in [0.15, 0.2) is 5.11 Å². The fraction of sp³-hybridized carbons (Fsp3) is 0.300. The van der Waals surface area contributed by atoms with Crippen LogP contribution in [0.2, 0.25) is 5.02 Å². The number of hydrogen-bond acceptors (Lipinski definition) is 4. The largest absolute Gasteiger partial charge is 0.332 e. The zero-order chi connectivity index (χ0) is 20.9. The van der Waals surface area contributed by atoms with Gasteiger partial charge in [-0.05, 0) is 61.5 Å². The molecule has 0 atom stereocenters. The van der Waals surface area contributed by atoms with Crippen molar-refractivity contribution < 1.29 is 13.2 Å². The number of sulfonamides is 1. The highest BCUT2D eigenvalue weighted by Gasteiger charge is 2.21. The summed E-state index contributed by atoms with van der Waals surface area (Å²) >= 11 is 11.2. The molecule has 3 rings (SSSR count). The molecule has 0 spiro atoms. The van der Waals surface area contributed by atoms with Crippen LogP contribution in [0.15, 0.2) is 53.4 Å². The van der Waals surface area contributed by atoms with Crippen LogP contribution in [-0.4, -0.2) is 25.5 Å². The summed E-state index contributed by atoms with van der Waals surface area (Å²) in [6, 6.07) is 12.9. The van der Waals surface area contributed by atoms with Gasteiger partial charge >= 0.3 is 0 Å². The molecular formula is C20H22ClN3O3S2. The van der Waals surface area contributed by atoms with Crippen LogP contribution < -0.4 is 15.4 Å². The molecule has 0 unspecified atom stereocenters. The Balaban J connectivity index is 1.59. The molecule has 154 valence electrons. The first-order valence-corrected chi connectivity index (χ1v) is 11.6. The second-order valence-electron chi connectivity index (χ2n) is 6.87. The van der Waals surface area contributed by atoms with E-state index >= 15 is 0 Å². The molecule has 6 nitrogen and oxygen atoms in total. The average molecular weight is 452 g/mol. The van der Waals surface area contributed by atoms with Crippen molar-refractivity contribution >= 4 is 50.5 Å². The van der Waals surface area contributed by atoms with Crippen LogP contribution >= 0.6 is 23.8 Å². The smallest absolute Gasteiger partial charge is 0.258 e. The first kappa shape index (κ1) is 21.7. The molecule has 0 aliphatic heterocycles. The number of rotatable bonds is 5. The van der Waals surface area contributed by atoms with E-state index in [9.17, 15) is 13.2 Å². The fourth-order valence-electron chi connectivity index (χ4n) is 3.20. The number of hydrogen-bond donors (Lipinski definition) is 3. The summed E-state index contributed by atoms with van der Waals surface area (Å²) in [4.78, 5) is 12.4. The lowest BCUT2D eigenvalue weighted by Crippen LogP contribution is -2.36. The van der Waals surface area contributed by atoms with Crippen LogP contribution in [0.5, 0.6) is 0 Å². The van der Waals surface area contributed by atoms with E-state index in [1.54, 1.807) is 36.4 Å². The van der Waals surface area contributed by atoms with Crippen molar-refractivity contribution in [2.24, 2.45) is 0 Å². The lowest BCUT2D eigenvalue weighted by molar-refractivity contribution is 0.0978. The lowest BCUT2D eigenvalue weighted by atomic mass is 9.96. The molecule has 1 aliphatic rings. The number of carbonyl (C=O) groups is 1. The molecule has 1 aliphatic carbocycles. The predicted molar refractivity (Wildman–Crippen MR) is 119 cm³/mol. The van der Waals surface area contributed by atoms with Gasteiger partial charge in [-0.15, -0.1) is 0 Å². The molecule has 1 amide bonds. The van der Waals surface area contributed by atoms with Gasteiger partial charge in [-0.1, -0.05) is 43.0 Å². The van der Waals surface area contributed by atoms with Gasteiger partial charge in [0.25, 0.3) is 5.91 Å². The third-order valence-electron chi connectivity index (χ3n) is 4.70. The monoisotopic (exact) mass is 451 g/mol. The first-order valence-electron chi connectivity index (χ1n) is 9.34. The Morgan fingerprint density at radius 1 is 1.00 bits per heavy atom. The van der Waals surface area contributed by atoms with Gasteiger partial charge in [-0.25, -0.2) is 13.1 Å². The lowest BCUT2D eigenvalue weighted by Gasteiger charge is -2.22. The van der Waals surface area contributed by atoms with Crippen LogP contribution in [0.3, 0.4) is 0 Å². The fourth-order valence-corrected chi connectivity index (χ4v) is 4.94. The zero-order valence-corrected chi connectivity index (χ0v) is 18.0. The Morgan fingerprint density at radius 2 is 1.66 bits per heavy atom. The second-order valence-corrected chi connectivity index (χ2v) is 9.40. The molecule has 0 saturated heterocycles. The third-order valence-corrected chi connectivity index (χ3v) is 6.77. The molecule has 2 aromatic carbocycles. The minimum absolute atomic E-state index is 0.000785. The van der Waals surface area contributed by atoms with E-state index in [-0.39, 0.29) is 16.0 Å². The Morgan fingerprint density at radius 3 is 2.31 bits per heavy atom. The molecular weight excluding hydrogens is 430 g/mol. The Kier molecular flexibility index (Phi) is 7.23. The van der Waals surface area contributed by atoms with Crippen molar-refractivity contribution in [1.29, 1.82) is 0 Å². The Labute approximate surface area is 181 Å². The topological polar surface area (TPSA) is 87.3 Å². The zero-order valence-electron chi connectivity index (χ0n) is 15.7. The van der Waals surface area contributed by atoms with E-state index in [0.717, 1.165) is 32.1 Å². The van der Waals surface area contributed by atoms with Gasteiger partial charge in [0.2, 0.25) is 10.0 Å². The summed E-state index contributed by atoms with van der Waals surface area (Å²) in [7, 11) is -3.56. The maximum atomic E-state index is 12.5. The van der Waals surface area contributed by atoms with Crippen molar-refractivity contribution in [3.05, 3.63) is 59.1 Å². The predicted octanol–water partition coefficient (Wildman–Crippen LogP) is 4.08. The van der Waals surface area contributed by atoms with Crippen LogP contribution in [0.25, 0.3) is 0 Å². The van der Waals surface area contributed by atoms with Crippen molar-refractivity contribution in [2.45, 2.75) is 43.0 Å². The highest BCUT2D eigenvalue weighted by molar-refractivity contribution is 7.89. The van der Waals surface area contributed by atoms with Gasteiger partial charge in [0.1, 0.15) is 0 Å². The van der Waals surface area contributed by atoms with Crippen molar-refractivity contribution in [3.8, 4) is 0 Å². The summed E-state index contributed by atoms with van der Waals surface area (Å²) in [6.45, 7) is 0. The molecule has 0 aromatic heterocycles. The number of carbonyl (C=O) groups excluding carboxylic acids is 1. The van der Waals surface area contributed by atoms with Crippen molar-refractivity contribution in [1.82, 2.24) is 10.0 Å². The highest BCUT2D eigenvalue weighted by Crippen LogP contribution is 2.21. The number of anilines is 1. The van der Waals surface area contributed by atoms with Gasteiger partial charge in [-0.2, -0.15) is 0 Å². The van der Waals surface area contributed by atoms with Gasteiger partial charge < -0.3 is 5.32 Å². The summed E-state index contributed by atoms with van der Waals surface area (Å²) in [5.74, 6) is -0.427. The quantitative estimate of drug-likeness (QED) is 0.596. The van der Waals surface area contributed by atoms with Crippen LogP contribution in [0, 0.1) is 0 Å². The van der Waals surface area contributed by atoms with Crippen LogP contribution in [0.1, 0.15) is 42.5 Å². The molecule has 1 fully saturated rings. The molecule has 0 heterocycles. The van der Waals surface area contributed by atoms with Crippen LogP contribution in [-0.2, 0) is 10.0 Å². The normalized spacial score (nSPS) is 14.9. The first-order chi connectivity index (χ1) is 13.8. The van der Waals surface area contributed by atoms with E-state index < -0.39 is 15.9 Å². The number of thiocarbonyl (C=S) groups is 1. The van der Waals surface area contributed by atoms with E-state index in [2.05, 4.69) is 15.4 Å². The Bertz CT molecular complexity index is 988. The summed E-state index contributed by atoms with van der Waals surface area (Å²) in [5.41, 5.74) is 0.875. The maximum Gasteiger partial charge on any atom is 0.258 e. The molecule has 0 radical (unpaired) electrons. The van der Waals surface area contributed by atoms with E-state index in [4.69, 9.17) is 23.8 Å². The average Bonchev–Trinajstić information content (AvgIpc) is 2.69. The van der Waals surface area contributed by atoms with E-state index in [1.807, 2.05) is 0 Å². The highest BCUT2D eigenvalue weighted by atomic mass is 35.5. The molecule has 2 aromatic rings. The summed E-state index contributed by atoms with van der Waals surface area (Å²) < 4.78 is 27.9. The standard InChI is InChI=1S/C20H22ClN3O3S2/c21-18-9-5-4-8-17(18)19(25)23-20(28)22-14-10-12-16(13-11-14)29(26,27)24-15-6-2-1-3-7-15/h4-5,8-13,15,24H,1-3,6-7H2,(H2,22,23,25,28). The minimum Gasteiger partial charge on any atom is -0.332 e. The Hall–Kier alpha value is -2.00. The van der Waals surface area contributed by atoms with Crippen molar-refractivity contribution in [2.75, 3.05) is 5.32 Å². The minimum atomic E-state index is -3.56. The summed E-state index contributed by atoms with van der Waals surface area (Å²) in [5, 5.41) is 5.83. The van der Waals surface area contributed by atoms with Crippen molar-refractivity contribution in [3.63, 3.8) is 0 Å². The molecule has 9 heteroatoms. The number of benzene rings is 2. The molecule has 29 heavy (non-hydrogen) atoms. The summed E-state index contributed by atoms with van der Waals surface area (Å²) in [6.07, 6.45) is 5.00. The number of nitrogens with one attached hydrogen (secondary N) is 3. The van der Waals surface area contributed by atoms with E-state index in [1.165, 1.54) is 12.1 Å².